The second kappa shape index (κ2) is 8.60. The molecule has 8 heteroatoms. The van der Waals surface area contributed by atoms with Crippen molar-refractivity contribution in [1.29, 1.82) is 0 Å². The number of hydrogen-bond acceptors (Lipinski definition) is 8. The first kappa shape index (κ1) is 19.4. The molecule has 0 bridgehead atoms. The molecule has 29 heavy (non-hydrogen) atoms. The Balaban J connectivity index is 1.59. The van der Waals surface area contributed by atoms with Gasteiger partial charge in [0.2, 0.25) is 5.95 Å². The predicted molar refractivity (Wildman–Crippen MR) is 114 cm³/mol. The molecular weight excluding hydrogens is 384 g/mol. The van der Waals surface area contributed by atoms with Crippen molar-refractivity contribution < 1.29 is 5.11 Å². The van der Waals surface area contributed by atoms with Gasteiger partial charge < -0.3 is 10.4 Å². The normalized spacial score (nSPS) is 14.4. The smallest absolute Gasteiger partial charge is 0.224 e. The van der Waals surface area contributed by atoms with Crippen LogP contribution in [-0.2, 0) is 0 Å². The van der Waals surface area contributed by atoms with Crippen LogP contribution < -0.4 is 10.6 Å². The lowest BCUT2D eigenvalue weighted by Crippen LogP contribution is -2.25. The van der Waals surface area contributed by atoms with Gasteiger partial charge in [-0.2, -0.15) is 0 Å². The maximum absolute atomic E-state index is 10.9. The van der Waals surface area contributed by atoms with Gasteiger partial charge in [-0.15, -0.1) is 11.3 Å². The lowest BCUT2D eigenvalue weighted by Gasteiger charge is -2.20. The number of fused-ring (bicyclic) bond motifs is 1. The molecule has 0 radical (unpaired) electrons. The molecule has 4 aromatic rings. The second-order valence-corrected chi connectivity index (χ2v) is 7.70. The third kappa shape index (κ3) is 4.40. The van der Waals surface area contributed by atoms with Crippen molar-refractivity contribution >= 4 is 27.5 Å². The molecule has 0 aromatic carbocycles. The zero-order valence-electron chi connectivity index (χ0n) is 16.1. The molecule has 0 aliphatic heterocycles. The van der Waals surface area contributed by atoms with Crippen LogP contribution in [0.15, 0.2) is 60.5 Å². The molecule has 0 fully saturated rings. The summed E-state index contributed by atoms with van der Waals surface area (Å²) in [7, 11) is 0. The lowest BCUT2D eigenvalue weighted by atomic mass is 10.1. The van der Waals surface area contributed by atoms with Crippen LogP contribution in [0.1, 0.15) is 49.0 Å². The molecule has 2 unspecified atom stereocenters. The third-order valence-electron chi connectivity index (χ3n) is 4.75. The second-order valence-electron chi connectivity index (χ2n) is 6.79. The summed E-state index contributed by atoms with van der Waals surface area (Å²) in [5.41, 5.74) is 3.50. The van der Waals surface area contributed by atoms with E-state index in [4.69, 9.17) is 0 Å². The number of aliphatic hydroxyl groups excluding tert-OH is 1. The molecule has 0 amide bonds. The Morgan fingerprint density at radius 2 is 1.48 bits per heavy atom. The van der Waals surface area contributed by atoms with Gasteiger partial charge >= 0.3 is 0 Å². The summed E-state index contributed by atoms with van der Waals surface area (Å²) in [6.07, 6.45) is 6.07. The van der Waals surface area contributed by atoms with Crippen LogP contribution in [0.4, 0.5) is 5.95 Å². The average Bonchev–Trinajstić information content (AvgIpc) is 3.23. The van der Waals surface area contributed by atoms with Gasteiger partial charge in [0.25, 0.3) is 0 Å². The van der Waals surface area contributed by atoms with Crippen LogP contribution in [0.3, 0.4) is 0 Å². The first-order valence-corrected chi connectivity index (χ1v) is 10.3. The summed E-state index contributed by atoms with van der Waals surface area (Å²) in [4.78, 5) is 17.3. The standard InChI is InChI=1S/C21H22N6OS/c1-13(15-3-8-22-9-4-15)24-20(28)18-19-17(7-12-29-19)26-21(27-18)25-14(2)16-5-10-23-11-6-16/h3-14,20,24,28H,1-2H3,(H,25,26,27)/t13-,14?,20?/m0/s1. The fourth-order valence-electron chi connectivity index (χ4n) is 3.13. The van der Waals surface area contributed by atoms with Gasteiger partial charge in [0.1, 0.15) is 11.9 Å². The van der Waals surface area contributed by atoms with E-state index in [1.165, 1.54) is 11.3 Å². The van der Waals surface area contributed by atoms with Crippen LogP contribution in [0.5, 0.6) is 0 Å². The number of thiophene rings is 1. The molecule has 0 saturated heterocycles. The Morgan fingerprint density at radius 1 is 0.862 bits per heavy atom. The van der Waals surface area contributed by atoms with Crippen molar-refractivity contribution in [3.63, 3.8) is 0 Å². The minimum atomic E-state index is -0.931. The monoisotopic (exact) mass is 406 g/mol. The summed E-state index contributed by atoms with van der Waals surface area (Å²) >= 11 is 1.52. The van der Waals surface area contributed by atoms with Crippen molar-refractivity contribution in [2.24, 2.45) is 0 Å². The molecular formula is C21H22N6OS. The average molecular weight is 407 g/mol. The van der Waals surface area contributed by atoms with E-state index in [1.54, 1.807) is 24.8 Å². The van der Waals surface area contributed by atoms with Gasteiger partial charge in [0, 0.05) is 30.8 Å². The molecule has 0 aliphatic rings. The van der Waals surface area contributed by atoms with Crippen molar-refractivity contribution in [3.05, 3.63) is 77.3 Å². The van der Waals surface area contributed by atoms with Gasteiger partial charge in [0.15, 0.2) is 0 Å². The Morgan fingerprint density at radius 3 is 2.14 bits per heavy atom. The van der Waals surface area contributed by atoms with Gasteiger partial charge in [-0.05, 0) is 60.7 Å². The number of aromatic nitrogens is 4. The quantitative estimate of drug-likeness (QED) is 0.399. The number of nitrogens with one attached hydrogen (secondary N) is 2. The SMILES string of the molecule is CC(Nc1nc(C(O)N[C@@H](C)c2ccncc2)c2sccc2n1)c1ccncc1. The summed E-state index contributed by atoms with van der Waals surface area (Å²) in [6.45, 7) is 4.03. The first-order chi connectivity index (χ1) is 14.1. The zero-order chi connectivity index (χ0) is 20.2. The fraction of sp³-hybridized carbons (Fsp3) is 0.238. The maximum atomic E-state index is 10.9. The minimum Gasteiger partial charge on any atom is -0.373 e. The van der Waals surface area contributed by atoms with Crippen molar-refractivity contribution in [2.45, 2.75) is 32.2 Å². The maximum Gasteiger partial charge on any atom is 0.224 e. The summed E-state index contributed by atoms with van der Waals surface area (Å²) in [5, 5.41) is 19.4. The van der Waals surface area contributed by atoms with Gasteiger partial charge in [-0.1, -0.05) is 0 Å². The van der Waals surface area contributed by atoms with Gasteiger partial charge in [-0.3, -0.25) is 15.3 Å². The van der Waals surface area contributed by atoms with Crippen LogP contribution >= 0.6 is 11.3 Å². The molecule has 148 valence electrons. The van der Waals surface area contributed by atoms with Crippen molar-refractivity contribution in [1.82, 2.24) is 25.3 Å². The van der Waals surface area contributed by atoms with Gasteiger partial charge in [0.05, 0.1) is 16.3 Å². The lowest BCUT2D eigenvalue weighted by molar-refractivity contribution is 0.123. The Bertz CT molecular complexity index is 1070. The van der Waals surface area contributed by atoms with E-state index in [2.05, 4.69) is 30.6 Å². The molecule has 4 heterocycles. The molecule has 0 saturated carbocycles. The number of anilines is 1. The molecule has 0 aliphatic carbocycles. The Labute approximate surface area is 172 Å². The predicted octanol–water partition coefficient (Wildman–Crippen LogP) is 4.00. The van der Waals surface area contributed by atoms with E-state index < -0.39 is 6.23 Å². The molecule has 3 N–H and O–H groups in total. The number of aliphatic hydroxyl groups is 1. The van der Waals surface area contributed by atoms with E-state index >= 15 is 0 Å². The number of rotatable bonds is 7. The van der Waals surface area contributed by atoms with E-state index in [1.807, 2.05) is 49.6 Å². The highest BCUT2D eigenvalue weighted by atomic mass is 32.1. The van der Waals surface area contributed by atoms with Crippen LogP contribution in [0.25, 0.3) is 10.2 Å². The van der Waals surface area contributed by atoms with E-state index in [-0.39, 0.29) is 12.1 Å². The highest BCUT2D eigenvalue weighted by Crippen LogP contribution is 2.29. The summed E-state index contributed by atoms with van der Waals surface area (Å²) in [6, 6.07) is 9.63. The zero-order valence-corrected chi connectivity index (χ0v) is 17.0. The molecule has 7 nitrogen and oxygen atoms in total. The number of hydrogen-bond donors (Lipinski definition) is 3. The van der Waals surface area contributed by atoms with E-state index in [0.717, 1.165) is 21.3 Å². The molecule has 0 spiro atoms. The molecule has 4 aromatic heterocycles. The van der Waals surface area contributed by atoms with Crippen LogP contribution in [-0.4, -0.2) is 25.0 Å². The molecule has 3 atom stereocenters. The fourth-order valence-corrected chi connectivity index (χ4v) is 3.97. The third-order valence-corrected chi connectivity index (χ3v) is 5.68. The Kier molecular flexibility index (Phi) is 5.75. The molecule has 4 rings (SSSR count). The van der Waals surface area contributed by atoms with E-state index in [0.29, 0.717) is 11.6 Å². The topological polar surface area (TPSA) is 95.9 Å². The van der Waals surface area contributed by atoms with Crippen LogP contribution in [0.2, 0.25) is 0 Å². The Hall–Kier alpha value is -2.94. The highest BCUT2D eigenvalue weighted by Gasteiger charge is 2.20. The van der Waals surface area contributed by atoms with Gasteiger partial charge in [-0.25, -0.2) is 9.97 Å². The van der Waals surface area contributed by atoms with Crippen LogP contribution in [0, 0.1) is 0 Å². The van der Waals surface area contributed by atoms with Crippen molar-refractivity contribution in [3.8, 4) is 0 Å². The number of pyridine rings is 2. The minimum absolute atomic E-state index is 0.00257. The largest absolute Gasteiger partial charge is 0.373 e. The first-order valence-electron chi connectivity index (χ1n) is 9.37. The van der Waals surface area contributed by atoms with Crippen molar-refractivity contribution in [2.75, 3.05) is 5.32 Å². The number of nitrogens with zero attached hydrogens (tertiary/aromatic N) is 4. The summed E-state index contributed by atoms with van der Waals surface area (Å²) < 4.78 is 0.869. The summed E-state index contributed by atoms with van der Waals surface area (Å²) in [5.74, 6) is 0.479. The highest BCUT2D eigenvalue weighted by molar-refractivity contribution is 7.17. The van der Waals surface area contributed by atoms with E-state index in [9.17, 15) is 5.11 Å².